The number of carbonyl (C=O) groups excluding carboxylic acids is 1. The third kappa shape index (κ3) is 4.23. The Labute approximate surface area is 120 Å². The van der Waals surface area contributed by atoms with E-state index in [4.69, 9.17) is 4.74 Å². The summed E-state index contributed by atoms with van der Waals surface area (Å²) in [7, 11) is 0. The standard InChI is InChI=1S/C16H24N2O2/c1-3-13-4-6-14(7-5-13)20-11-16(19)18-15-10-17-9-8-12(15)2/h4-7,12,15,17H,3,8-11H2,1-2H3,(H,18,19). The van der Waals surface area contributed by atoms with E-state index in [1.54, 1.807) is 0 Å². The number of amides is 1. The summed E-state index contributed by atoms with van der Waals surface area (Å²) in [6.07, 6.45) is 2.11. The molecule has 1 aliphatic heterocycles. The lowest BCUT2D eigenvalue weighted by Gasteiger charge is -2.30. The number of carbonyl (C=O) groups is 1. The third-order valence-electron chi connectivity index (χ3n) is 3.88. The number of benzene rings is 1. The second kappa shape index (κ2) is 7.29. The molecule has 0 radical (unpaired) electrons. The minimum Gasteiger partial charge on any atom is -0.484 e. The molecule has 2 N–H and O–H groups in total. The maximum atomic E-state index is 11.9. The maximum Gasteiger partial charge on any atom is 0.258 e. The molecule has 2 unspecified atom stereocenters. The van der Waals surface area contributed by atoms with Crippen molar-refractivity contribution < 1.29 is 9.53 Å². The van der Waals surface area contributed by atoms with Crippen LogP contribution in [0.4, 0.5) is 0 Å². The largest absolute Gasteiger partial charge is 0.484 e. The fourth-order valence-corrected chi connectivity index (χ4v) is 2.40. The summed E-state index contributed by atoms with van der Waals surface area (Å²) in [6.45, 7) is 6.25. The minimum absolute atomic E-state index is 0.0508. The van der Waals surface area contributed by atoms with Gasteiger partial charge >= 0.3 is 0 Å². The molecule has 0 bridgehead atoms. The molecule has 2 atom stereocenters. The molecule has 1 aliphatic rings. The van der Waals surface area contributed by atoms with E-state index in [0.717, 1.165) is 31.7 Å². The smallest absolute Gasteiger partial charge is 0.258 e. The molecule has 4 nitrogen and oxygen atoms in total. The molecule has 1 fully saturated rings. The van der Waals surface area contributed by atoms with Crippen molar-refractivity contribution in [2.24, 2.45) is 5.92 Å². The molecule has 2 rings (SSSR count). The summed E-state index contributed by atoms with van der Waals surface area (Å²) in [5.74, 6) is 1.21. The Balaban J connectivity index is 1.76. The molecule has 1 aromatic carbocycles. The van der Waals surface area contributed by atoms with E-state index >= 15 is 0 Å². The van der Waals surface area contributed by atoms with Crippen LogP contribution < -0.4 is 15.4 Å². The number of piperidine rings is 1. The summed E-state index contributed by atoms with van der Waals surface area (Å²) in [5, 5.41) is 6.34. The zero-order valence-corrected chi connectivity index (χ0v) is 12.3. The van der Waals surface area contributed by atoms with Crippen LogP contribution in [-0.4, -0.2) is 31.6 Å². The summed E-state index contributed by atoms with van der Waals surface area (Å²) in [6, 6.07) is 8.09. The van der Waals surface area contributed by atoms with Crippen molar-refractivity contribution in [1.29, 1.82) is 0 Å². The lowest BCUT2D eigenvalue weighted by atomic mass is 9.95. The first-order valence-electron chi connectivity index (χ1n) is 7.41. The normalized spacial score (nSPS) is 22.3. The van der Waals surface area contributed by atoms with Crippen LogP contribution in [0.2, 0.25) is 0 Å². The first-order valence-corrected chi connectivity index (χ1v) is 7.41. The van der Waals surface area contributed by atoms with E-state index in [0.29, 0.717) is 5.92 Å². The number of aryl methyl sites for hydroxylation is 1. The van der Waals surface area contributed by atoms with Gasteiger partial charge in [0.2, 0.25) is 0 Å². The Kier molecular flexibility index (Phi) is 5.41. The van der Waals surface area contributed by atoms with Crippen LogP contribution >= 0.6 is 0 Å². The summed E-state index contributed by atoms with van der Waals surface area (Å²) in [5.41, 5.74) is 1.27. The van der Waals surface area contributed by atoms with E-state index in [1.165, 1.54) is 5.56 Å². The average Bonchev–Trinajstić information content (AvgIpc) is 2.48. The molecule has 1 heterocycles. The van der Waals surface area contributed by atoms with E-state index in [-0.39, 0.29) is 18.6 Å². The first-order chi connectivity index (χ1) is 9.69. The Morgan fingerprint density at radius 2 is 2.15 bits per heavy atom. The average molecular weight is 276 g/mol. The van der Waals surface area contributed by atoms with Gasteiger partial charge in [-0.25, -0.2) is 0 Å². The molecular formula is C16H24N2O2. The molecule has 0 spiro atoms. The third-order valence-corrected chi connectivity index (χ3v) is 3.88. The lowest BCUT2D eigenvalue weighted by molar-refractivity contribution is -0.124. The number of nitrogens with one attached hydrogen (secondary N) is 2. The molecular weight excluding hydrogens is 252 g/mol. The highest BCUT2D eigenvalue weighted by Gasteiger charge is 2.22. The summed E-state index contributed by atoms with van der Waals surface area (Å²) < 4.78 is 5.51. The van der Waals surface area contributed by atoms with E-state index in [9.17, 15) is 4.79 Å². The zero-order valence-electron chi connectivity index (χ0n) is 12.3. The highest BCUT2D eigenvalue weighted by molar-refractivity contribution is 5.77. The van der Waals surface area contributed by atoms with Crippen molar-refractivity contribution >= 4 is 5.91 Å². The van der Waals surface area contributed by atoms with Gasteiger partial charge in [-0.15, -0.1) is 0 Å². The fraction of sp³-hybridized carbons (Fsp3) is 0.562. The molecule has 4 heteroatoms. The SMILES string of the molecule is CCc1ccc(OCC(=O)NC2CNCCC2C)cc1. The molecule has 110 valence electrons. The summed E-state index contributed by atoms with van der Waals surface area (Å²) >= 11 is 0. The molecule has 1 amide bonds. The number of ether oxygens (including phenoxy) is 1. The number of hydrogen-bond acceptors (Lipinski definition) is 3. The Morgan fingerprint density at radius 3 is 2.80 bits per heavy atom. The highest BCUT2D eigenvalue weighted by Crippen LogP contribution is 2.13. The Morgan fingerprint density at radius 1 is 1.40 bits per heavy atom. The Hall–Kier alpha value is -1.55. The second-order valence-electron chi connectivity index (χ2n) is 5.43. The van der Waals surface area contributed by atoms with E-state index in [1.807, 2.05) is 24.3 Å². The fourth-order valence-electron chi connectivity index (χ4n) is 2.40. The van der Waals surface area contributed by atoms with Gasteiger partial charge in [0, 0.05) is 12.6 Å². The molecule has 20 heavy (non-hydrogen) atoms. The maximum absolute atomic E-state index is 11.9. The number of hydrogen-bond donors (Lipinski definition) is 2. The predicted octanol–water partition coefficient (Wildman–Crippen LogP) is 1.74. The van der Waals surface area contributed by atoms with Gasteiger partial charge in [-0.1, -0.05) is 26.0 Å². The highest BCUT2D eigenvalue weighted by atomic mass is 16.5. The van der Waals surface area contributed by atoms with Crippen LogP contribution in [0.25, 0.3) is 0 Å². The van der Waals surface area contributed by atoms with Gasteiger partial charge in [0.1, 0.15) is 5.75 Å². The van der Waals surface area contributed by atoms with Crippen molar-refractivity contribution in [2.45, 2.75) is 32.7 Å². The van der Waals surface area contributed by atoms with Crippen molar-refractivity contribution in [3.63, 3.8) is 0 Å². The number of rotatable bonds is 5. The minimum atomic E-state index is -0.0508. The van der Waals surface area contributed by atoms with Crippen molar-refractivity contribution in [1.82, 2.24) is 10.6 Å². The molecule has 0 aromatic heterocycles. The van der Waals surface area contributed by atoms with Gasteiger partial charge in [-0.05, 0) is 43.0 Å². The van der Waals surface area contributed by atoms with Crippen LogP contribution in [-0.2, 0) is 11.2 Å². The zero-order chi connectivity index (χ0) is 14.4. The topological polar surface area (TPSA) is 50.4 Å². The quantitative estimate of drug-likeness (QED) is 0.861. The van der Waals surface area contributed by atoms with Gasteiger partial charge in [0.15, 0.2) is 6.61 Å². The van der Waals surface area contributed by atoms with Crippen LogP contribution in [0.15, 0.2) is 24.3 Å². The lowest BCUT2D eigenvalue weighted by Crippen LogP contribution is -2.51. The molecule has 1 aromatic rings. The second-order valence-corrected chi connectivity index (χ2v) is 5.43. The predicted molar refractivity (Wildman–Crippen MR) is 79.9 cm³/mol. The van der Waals surface area contributed by atoms with E-state index < -0.39 is 0 Å². The summed E-state index contributed by atoms with van der Waals surface area (Å²) in [4.78, 5) is 11.9. The van der Waals surface area contributed by atoms with Crippen LogP contribution in [0, 0.1) is 5.92 Å². The molecule has 0 saturated carbocycles. The van der Waals surface area contributed by atoms with Crippen LogP contribution in [0.3, 0.4) is 0 Å². The van der Waals surface area contributed by atoms with Crippen LogP contribution in [0.5, 0.6) is 5.75 Å². The molecule has 0 aliphatic carbocycles. The van der Waals surface area contributed by atoms with Gasteiger partial charge in [-0.3, -0.25) is 4.79 Å². The van der Waals surface area contributed by atoms with Gasteiger partial charge in [0.25, 0.3) is 5.91 Å². The van der Waals surface area contributed by atoms with Crippen molar-refractivity contribution in [2.75, 3.05) is 19.7 Å². The van der Waals surface area contributed by atoms with Crippen LogP contribution in [0.1, 0.15) is 25.8 Å². The first kappa shape index (κ1) is 14.9. The van der Waals surface area contributed by atoms with Crippen molar-refractivity contribution in [3.05, 3.63) is 29.8 Å². The van der Waals surface area contributed by atoms with Crippen molar-refractivity contribution in [3.8, 4) is 5.75 Å². The van der Waals surface area contributed by atoms with Gasteiger partial charge in [0.05, 0.1) is 0 Å². The molecule has 1 saturated heterocycles. The monoisotopic (exact) mass is 276 g/mol. The Bertz CT molecular complexity index is 431. The van der Waals surface area contributed by atoms with E-state index in [2.05, 4.69) is 24.5 Å². The van der Waals surface area contributed by atoms with Gasteiger partial charge in [-0.2, -0.15) is 0 Å². The van der Waals surface area contributed by atoms with Gasteiger partial charge < -0.3 is 15.4 Å².